The molecule has 0 saturated heterocycles. The summed E-state index contributed by atoms with van der Waals surface area (Å²) in [6.45, 7) is -0.168. The Balaban J connectivity index is 2.17. The molecule has 0 radical (unpaired) electrons. The molecule has 0 fully saturated rings. The maximum Gasteiger partial charge on any atom is 0.313 e. The van der Waals surface area contributed by atoms with E-state index in [1.165, 1.54) is 17.4 Å². The Bertz CT molecular complexity index is 717. The van der Waals surface area contributed by atoms with E-state index in [1.54, 1.807) is 11.4 Å². The molecule has 0 aliphatic heterocycles. The molecule has 0 bridgehead atoms. The third-order valence-corrected chi connectivity index (χ3v) is 3.42. The van der Waals surface area contributed by atoms with Crippen molar-refractivity contribution in [2.24, 2.45) is 0 Å². The van der Waals surface area contributed by atoms with Crippen molar-refractivity contribution in [2.75, 3.05) is 6.61 Å². The number of halogens is 1. The monoisotopic (exact) mass is 307 g/mol. The predicted molar refractivity (Wildman–Crippen MR) is 75.7 cm³/mol. The van der Waals surface area contributed by atoms with Gasteiger partial charge in [-0.05, 0) is 23.6 Å². The number of hydrogen-bond donors (Lipinski definition) is 1. The molecule has 0 aliphatic carbocycles. The summed E-state index contributed by atoms with van der Waals surface area (Å²) in [7, 11) is 0. The van der Waals surface area contributed by atoms with Crippen molar-refractivity contribution >= 4 is 17.0 Å². The Labute approximate surface area is 123 Å². The summed E-state index contributed by atoms with van der Waals surface area (Å²) in [5.74, 6) is 4.59. The lowest BCUT2D eigenvalue weighted by molar-refractivity contribution is -0.386. The van der Waals surface area contributed by atoms with Crippen LogP contribution in [0.5, 0.6) is 5.75 Å². The minimum Gasteiger partial charge on any atom is -0.481 e. The molecule has 1 heterocycles. The largest absolute Gasteiger partial charge is 0.481 e. The second-order valence-electron chi connectivity index (χ2n) is 3.88. The Hall–Kier alpha value is -2.43. The van der Waals surface area contributed by atoms with Gasteiger partial charge in [0.25, 0.3) is 0 Å². The highest BCUT2D eigenvalue weighted by molar-refractivity contribution is 7.10. The fraction of sp³-hybridized carbons (Fsp3) is 0.143. The standard InChI is InChI=1S/C14H10FNO4S/c15-11-3-4-13(12(8-11)16(18)19)20-9-14-10(2-1-6-17)5-7-21-14/h3-5,7-8,17H,6,9H2. The zero-order chi connectivity index (χ0) is 15.2. The number of nitro benzene ring substituents is 1. The molecule has 0 unspecified atom stereocenters. The summed E-state index contributed by atoms with van der Waals surface area (Å²) >= 11 is 1.38. The van der Waals surface area contributed by atoms with E-state index in [4.69, 9.17) is 9.84 Å². The molecule has 1 N–H and O–H groups in total. The molecule has 1 aromatic heterocycles. The molecule has 0 amide bonds. The number of aliphatic hydroxyl groups excluding tert-OH is 1. The average molecular weight is 307 g/mol. The lowest BCUT2D eigenvalue weighted by Gasteiger charge is -2.06. The summed E-state index contributed by atoms with van der Waals surface area (Å²) in [4.78, 5) is 10.9. The summed E-state index contributed by atoms with van der Waals surface area (Å²) in [5, 5.41) is 21.3. The van der Waals surface area contributed by atoms with Crippen molar-refractivity contribution in [3.63, 3.8) is 0 Å². The van der Waals surface area contributed by atoms with Crippen LogP contribution in [0, 0.1) is 27.8 Å². The van der Waals surface area contributed by atoms with Crippen LogP contribution in [0.25, 0.3) is 0 Å². The molecular formula is C14H10FNO4S. The van der Waals surface area contributed by atoms with E-state index in [2.05, 4.69) is 11.8 Å². The summed E-state index contributed by atoms with van der Waals surface area (Å²) in [6.07, 6.45) is 0. The normalized spacial score (nSPS) is 9.81. The van der Waals surface area contributed by atoms with Crippen molar-refractivity contribution in [1.29, 1.82) is 0 Å². The summed E-state index contributed by atoms with van der Waals surface area (Å²) in [6, 6.07) is 4.91. The van der Waals surface area contributed by atoms with E-state index in [-0.39, 0.29) is 19.0 Å². The van der Waals surface area contributed by atoms with Gasteiger partial charge < -0.3 is 9.84 Å². The SMILES string of the molecule is O=[N+]([O-])c1cc(F)ccc1OCc1sccc1C#CCO. The van der Waals surface area contributed by atoms with E-state index in [1.807, 2.05) is 0 Å². The summed E-state index contributed by atoms with van der Waals surface area (Å²) in [5.41, 5.74) is 0.272. The molecular weight excluding hydrogens is 297 g/mol. The molecule has 0 atom stereocenters. The van der Waals surface area contributed by atoms with Gasteiger partial charge in [0, 0.05) is 5.56 Å². The van der Waals surface area contributed by atoms with Gasteiger partial charge in [-0.1, -0.05) is 11.8 Å². The van der Waals surface area contributed by atoms with Crippen molar-refractivity contribution in [2.45, 2.75) is 6.61 Å². The van der Waals surface area contributed by atoms with Gasteiger partial charge in [-0.25, -0.2) is 4.39 Å². The highest BCUT2D eigenvalue weighted by atomic mass is 32.1. The molecule has 7 heteroatoms. The zero-order valence-corrected chi connectivity index (χ0v) is 11.5. The number of benzene rings is 1. The van der Waals surface area contributed by atoms with Gasteiger partial charge in [-0.3, -0.25) is 10.1 Å². The van der Waals surface area contributed by atoms with Gasteiger partial charge in [0.05, 0.1) is 15.9 Å². The van der Waals surface area contributed by atoms with Crippen LogP contribution in [-0.4, -0.2) is 16.6 Å². The maximum absolute atomic E-state index is 13.0. The Morgan fingerprint density at radius 1 is 1.43 bits per heavy atom. The molecule has 5 nitrogen and oxygen atoms in total. The number of ether oxygens (including phenoxy) is 1. The quantitative estimate of drug-likeness (QED) is 0.535. The minimum atomic E-state index is -0.695. The fourth-order valence-electron chi connectivity index (χ4n) is 1.60. The van der Waals surface area contributed by atoms with Crippen LogP contribution in [-0.2, 0) is 6.61 Å². The van der Waals surface area contributed by atoms with E-state index < -0.39 is 16.4 Å². The van der Waals surface area contributed by atoms with E-state index in [0.29, 0.717) is 5.56 Å². The van der Waals surface area contributed by atoms with Crippen molar-refractivity contribution in [1.82, 2.24) is 0 Å². The van der Waals surface area contributed by atoms with Gasteiger partial charge in [0.1, 0.15) is 19.0 Å². The first-order chi connectivity index (χ1) is 10.1. The van der Waals surface area contributed by atoms with Crippen LogP contribution < -0.4 is 4.74 Å². The van der Waals surface area contributed by atoms with Gasteiger partial charge in [-0.15, -0.1) is 11.3 Å². The van der Waals surface area contributed by atoms with Crippen LogP contribution in [0.15, 0.2) is 29.6 Å². The molecule has 0 spiro atoms. The molecule has 0 aliphatic rings. The zero-order valence-electron chi connectivity index (χ0n) is 10.7. The van der Waals surface area contributed by atoms with Crippen LogP contribution >= 0.6 is 11.3 Å². The van der Waals surface area contributed by atoms with Crippen molar-refractivity contribution < 1.29 is 19.2 Å². The van der Waals surface area contributed by atoms with E-state index >= 15 is 0 Å². The highest BCUT2D eigenvalue weighted by Crippen LogP contribution is 2.29. The lowest BCUT2D eigenvalue weighted by Crippen LogP contribution is -1.99. The number of nitro groups is 1. The van der Waals surface area contributed by atoms with E-state index in [9.17, 15) is 14.5 Å². The number of nitrogens with zero attached hydrogens (tertiary/aromatic N) is 1. The van der Waals surface area contributed by atoms with Gasteiger partial charge in [0.15, 0.2) is 5.75 Å². The Kier molecular flexibility index (Phi) is 4.87. The average Bonchev–Trinajstić information content (AvgIpc) is 2.91. The maximum atomic E-state index is 13.0. The predicted octanol–water partition coefficient (Wildman–Crippen LogP) is 2.72. The minimum absolute atomic E-state index is 0.00383. The second-order valence-corrected chi connectivity index (χ2v) is 4.88. The Morgan fingerprint density at radius 2 is 2.24 bits per heavy atom. The Morgan fingerprint density at radius 3 is 2.95 bits per heavy atom. The molecule has 1 aromatic carbocycles. The van der Waals surface area contributed by atoms with Crippen molar-refractivity contribution in [3.05, 3.63) is 56.0 Å². The summed E-state index contributed by atoms with van der Waals surface area (Å²) < 4.78 is 18.4. The third kappa shape index (κ3) is 3.78. The van der Waals surface area contributed by atoms with Crippen LogP contribution in [0.3, 0.4) is 0 Å². The number of hydrogen-bond acceptors (Lipinski definition) is 5. The van der Waals surface area contributed by atoms with Gasteiger partial charge in [-0.2, -0.15) is 0 Å². The smallest absolute Gasteiger partial charge is 0.313 e. The molecule has 2 rings (SSSR count). The van der Waals surface area contributed by atoms with Crippen LogP contribution in [0.4, 0.5) is 10.1 Å². The highest BCUT2D eigenvalue weighted by Gasteiger charge is 2.16. The third-order valence-electron chi connectivity index (χ3n) is 2.52. The number of aliphatic hydroxyl groups is 1. The fourth-order valence-corrected chi connectivity index (χ4v) is 2.34. The molecule has 21 heavy (non-hydrogen) atoms. The van der Waals surface area contributed by atoms with Crippen LogP contribution in [0.2, 0.25) is 0 Å². The first kappa shape index (κ1) is 15.0. The molecule has 0 saturated carbocycles. The number of thiophene rings is 1. The first-order valence-electron chi connectivity index (χ1n) is 5.84. The van der Waals surface area contributed by atoms with E-state index in [0.717, 1.165) is 17.0 Å². The van der Waals surface area contributed by atoms with Gasteiger partial charge in [0.2, 0.25) is 0 Å². The van der Waals surface area contributed by atoms with Crippen molar-refractivity contribution in [3.8, 4) is 17.6 Å². The number of rotatable bonds is 4. The molecule has 108 valence electrons. The van der Waals surface area contributed by atoms with Gasteiger partial charge >= 0.3 is 5.69 Å². The topological polar surface area (TPSA) is 72.6 Å². The molecule has 2 aromatic rings. The first-order valence-corrected chi connectivity index (χ1v) is 6.72. The lowest BCUT2D eigenvalue weighted by atomic mass is 10.2. The van der Waals surface area contributed by atoms with Crippen LogP contribution in [0.1, 0.15) is 10.4 Å². The second kappa shape index (κ2) is 6.83.